The van der Waals surface area contributed by atoms with E-state index in [4.69, 9.17) is 40.2 Å². The standard InChI is InChI=1S/C19H15BrCl2N2OS2/c20-14-3-1-13(2-4-14)11-25-19(26)27-18(10-24-8-7-23-12-24)16-6-5-15(21)9-17(16)22/h1-9,12,18H,10-11H2. The molecule has 2 aromatic carbocycles. The molecule has 27 heavy (non-hydrogen) atoms. The summed E-state index contributed by atoms with van der Waals surface area (Å²) >= 11 is 22.8. The van der Waals surface area contributed by atoms with Gasteiger partial charge in [-0.05, 0) is 47.6 Å². The molecular formula is C19H15BrCl2N2OS2. The van der Waals surface area contributed by atoms with Crippen LogP contribution in [0.3, 0.4) is 0 Å². The summed E-state index contributed by atoms with van der Waals surface area (Å²) in [6.07, 6.45) is 5.42. The predicted octanol–water partition coefficient (Wildman–Crippen LogP) is 6.93. The first-order valence-corrected chi connectivity index (χ1v) is 10.8. The summed E-state index contributed by atoms with van der Waals surface area (Å²) in [5.74, 6) is 0. The maximum absolute atomic E-state index is 6.42. The van der Waals surface area contributed by atoms with Crippen molar-refractivity contribution in [2.75, 3.05) is 0 Å². The number of halogens is 3. The molecule has 0 bridgehead atoms. The van der Waals surface area contributed by atoms with E-state index in [1.54, 1.807) is 18.6 Å². The molecule has 0 amide bonds. The Morgan fingerprint density at radius 1 is 1.22 bits per heavy atom. The van der Waals surface area contributed by atoms with Gasteiger partial charge in [-0.2, -0.15) is 0 Å². The van der Waals surface area contributed by atoms with Crippen molar-refractivity contribution in [1.82, 2.24) is 9.55 Å². The molecule has 8 heteroatoms. The molecule has 1 atom stereocenters. The van der Waals surface area contributed by atoms with Gasteiger partial charge in [0.05, 0.1) is 11.6 Å². The fourth-order valence-corrected chi connectivity index (χ4v) is 4.64. The van der Waals surface area contributed by atoms with Crippen LogP contribution < -0.4 is 0 Å². The number of benzene rings is 2. The summed E-state index contributed by atoms with van der Waals surface area (Å²) in [4.78, 5) is 4.10. The third kappa shape index (κ3) is 6.22. The van der Waals surface area contributed by atoms with Crippen molar-refractivity contribution >= 4 is 67.5 Å². The SMILES string of the molecule is S=C(OCc1ccc(Br)cc1)SC(Cn1ccnc1)c1ccc(Cl)cc1Cl. The molecule has 3 rings (SSSR count). The Labute approximate surface area is 186 Å². The number of aromatic nitrogens is 2. The molecule has 0 aliphatic rings. The number of ether oxygens (including phenoxy) is 1. The quantitative estimate of drug-likeness (QED) is 0.342. The summed E-state index contributed by atoms with van der Waals surface area (Å²) in [5.41, 5.74) is 2.01. The minimum Gasteiger partial charge on any atom is -0.474 e. The number of imidazole rings is 1. The average molecular weight is 502 g/mol. The zero-order valence-corrected chi connectivity index (χ0v) is 18.7. The van der Waals surface area contributed by atoms with Gasteiger partial charge in [0.2, 0.25) is 4.38 Å². The molecule has 0 N–H and O–H groups in total. The Bertz CT molecular complexity index is 905. The lowest BCUT2D eigenvalue weighted by molar-refractivity contribution is 0.310. The van der Waals surface area contributed by atoms with Crippen molar-refractivity contribution in [3.63, 3.8) is 0 Å². The zero-order valence-electron chi connectivity index (χ0n) is 14.0. The van der Waals surface area contributed by atoms with E-state index in [1.807, 2.05) is 47.2 Å². The molecule has 0 radical (unpaired) electrons. The molecule has 0 saturated carbocycles. The molecule has 0 saturated heterocycles. The number of hydrogen-bond donors (Lipinski definition) is 0. The first-order valence-electron chi connectivity index (χ1n) is 8.00. The minimum absolute atomic E-state index is 0.0265. The molecule has 0 aliphatic carbocycles. The lowest BCUT2D eigenvalue weighted by Crippen LogP contribution is -2.09. The second kappa shape index (κ2) is 9.94. The summed E-state index contributed by atoms with van der Waals surface area (Å²) in [5, 5.41) is 1.18. The molecule has 3 aromatic rings. The molecule has 1 unspecified atom stereocenters. The summed E-state index contributed by atoms with van der Waals surface area (Å²) < 4.78 is 9.27. The molecule has 0 spiro atoms. The summed E-state index contributed by atoms with van der Waals surface area (Å²) in [6, 6.07) is 13.4. The van der Waals surface area contributed by atoms with E-state index in [0.29, 0.717) is 27.6 Å². The first-order chi connectivity index (χ1) is 13.0. The van der Waals surface area contributed by atoms with Crippen molar-refractivity contribution < 1.29 is 4.74 Å². The van der Waals surface area contributed by atoms with E-state index >= 15 is 0 Å². The van der Waals surface area contributed by atoms with Crippen molar-refractivity contribution in [2.45, 2.75) is 18.4 Å². The molecule has 0 fully saturated rings. The molecule has 3 nitrogen and oxygen atoms in total. The first kappa shape index (κ1) is 20.7. The second-order valence-corrected chi connectivity index (χ2v) is 9.26. The Morgan fingerprint density at radius 2 is 2.00 bits per heavy atom. The second-order valence-electron chi connectivity index (χ2n) is 5.70. The van der Waals surface area contributed by atoms with Crippen LogP contribution in [0.25, 0.3) is 0 Å². The van der Waals surface area contributed by atoms with Gasteiger partial charge in [-0.3, -0.25) is 0 Å². The molecule has 0 aliphatic heterocycles. The van der Waals surface area contributed by atoms with Gasteiger partial charge in [0.25, 0.3) is 0 Å². The van der Waals surface area contributed by atoms with E-state index in [1.165, 1.54) is 11.8 Å². The topological polar surface area (TPSA) is 27.1 Å². The van der Waals surface area contributed by atoms with E-state index < -0.39 is 0 Å². The number of nitrogens with zero attached hydrogens (tertiary/aromatic N) is 2. The molecule has 140 valence electrons. The maximum Gasteiger partial charge on any atom is 0.220 e. The van der Waals surface area contributed by atoms with E-state index in [0.717, 1.165) is 15.6 Å². The van der Waals surface area contributed by atoms with Crippen LogP contribution in [-0.4, -0.2) is 13.9 Å². The monoisotopic (exact) mass is 500 g/mol. The van der Waals surface area contributed by atoms with Crippen LogP contribution >= 0.6 is 63.1 Å². The Hall–Kier alpha value is -1.05. The predicted molar refractivity (Wildman–Crippen MR) is 121 cm³/mol. The van der Waals surface area contributed by atoms with Crippen LogP contribution in [0.15, 0.2) is 65.7 Å². The lowest BCUT2D eigenvalue weighted by atomic mass is 10.1. The highest BCUT2D eigenvalue weighted by Crippen LogP contribution is 2.37. The van der Waals surface area contributed by atoms with Crippen LogP contribution in [-0.2, 0) is 17.9 Å². The van der Waals surface area contributed by atoms with Gasteiger partial charge in [-0.1, -0.05) is 69.1 Å². The average Bonchev–Trinajstić information content (AvgIpc) is 3.14. The van der Waals surface area contributed by atoms with Gasteiger partial charge in [0, 0.05) is 33.5 Å². The van der Waals surface area contributed by atoms with E-state index in [9.17, 15) is 0 Å². The van der Waals surface area contributed by atoms with E-state index in [-0.39, 0.29) is 5.25 Å². The zero-order chi connectivity index (χ0) is 19.2. The summed E-state index contributed by atoms with van der Waals surface area (Å²) in [7, 11) is 0. The highest BCUT2D eigenvalue weighted by Gasteiger charge is 2.19. The fraction of sp³-hybridized carbons (Fsp3) is 0.158. The normalized spacial score (nSPS) is 12.0. The Balaban J connectivity index is 1.70. The van der Waals surface area contributed by atoms with Gasteiger partial charge in [0.15, 0.2) is 0 Å². The maximum atomic E-state index is 6.42. The van der Waals surface area contributed by atoms with Crippen molar-refractivity contribution in [3.8, 4) is 0 Å². The fourth-order valence-electron chi connectivity index (χ4n) is 2.42. The third-order valence-electron chi connectivity index (χ3n) is 3.75. The number of rotatable bonds is 6. The van der Waals surface area contributed by atoms with Gasteiger partial charge in [0.1, 0.15) is 6.61 Å². The van der Waals surface area contributed by atoms with Gasteiger partial charge in [-0.15, -0.1) is 0 Å². The van der Waals surface area contributed by atoms with Crippen LogP contribution in [0.5, 0.6) is 0 Å². The highest BCUT2D eigenvalue weighted by molar-refractivity contribution is 9.10. The lowest BCUT2D eigenvalue weighted by Gasteiger charge is -2.19. The number of hydrogen-bond acceptors (Lipinski definition) is 4. The number of thioether (sulfide) groups is 1. The minimum atomic E-state index is -0.0265. The summed E-state index contributed by atoms with van der Waals surface area (Å²) in [6.45, 7) is 1.08. The third-order valence-corrected chi connectivity index (χ3v) is 6.25. The van der Waals surface area contributed by atoms with E-state index in [2.05, 4.69) is 20.9 Å². The smallest absolute Gasteiger partial charge is 0.220 e. The van der Waals surface area contributed by atoms with Crippen molar-refractivity contribution in [2.24, 2.45) is 0 Å². The van der Waals surface area contributed by atoms with Gasteiger partial charge >= 0.3 is 0 Å². The van der Waals surface area contributed by atoms with Crippen LogP contribution in [0, 0.1) is 0 Å². The largest absolute Gasteiger partial charge is 0.474 e. The van der Waals surface area contributed by atoms with Gasteiger partial charge < -0.3 is 9.30 Å². The Kier molecular flexibility index (Phi) is 7.61. The molecule has 1 aromatic heterocycles. The van der Waals surface area contributed by atoms with Crippen molar-refractivity contribution in [3.05, 3.63) is 86.8 Å². The highest BCUT2D eigenvalue weighted by atomic mass is 79.9. The van der Waals surface area contributed by atoms with Crippen LogP contribution in [0.2, 0.25) is 10.0 Å². The molecule has 1 heterocycles. The number of thiocarbonyl (C=S) groups is 1. The van der Waals surface area contributed by atoms with Crippen LogP contribution in [0.4, 0.5) is 0 Å². The van der Waals surface area contributed by atoms with Crippen molar-refractivity contribution in [1.29, 1.82) is 0 Å². The van der Waals surface area contributed by atoms with Crippen LogP contribution in [0.1, 0.15) is 16.4 Å². The Morgan fingerprint density at radius 3 is 2.67 bits per heavy atom. The molecular weight excluding hydrogens is 487 g/mol. The van der Waals surface area contributed by atoms with Gasteiger partial charge in [-0.25, -0.2) is 4.98 Å².